The van der Waals surface area contributed by atoms with Crippen LogP contribution < -0.4 is 14.7 Å². The SMILES string of the molecule is COc1ccc(C[NH+](CC(=O)[O-])C2CCCCCC2)cc1. The van der Waals surface area contributed by atoms with E-state index >= 15 is 0 Å². The van der Waals surface area contributed by atoms with Gasteiger partial charge < -0.3 is 19.5 Å². The van der Waals surface area contributed by atoms with Gasteiger partial charge in [0.1, 0.15) is 18.8 Å². The highest BCUT2D eigenvalue weighted by atomic mass is 16.5. The zero-order chi connectivity index (χ0) is 15.1. The minimum absolute atomic E-state index is 0.0939. The maximum absolute atomic E-state index is 11.1. The quantitative estimate of drug-likeness (QED) is 0.779. The van der Waals surface area contributed by atoms with E-state index in [9.17, 15) is 9.90 Å². The number of aliphatic carboxylic acids is 1. The molecule has 1 saturated carbocycles. The number of hydrogen-bond acceptors (Lipinski definition) is 3. The number of methoxy groups -OCH3 is 1. The number of carboxylic acids is 1. The Morgan fingerprint density at radius 2 is 1.81 bits per heavy atom. The van der Waals surface area contributed by atoms with Gasteiger partial charge in [-0.15, -0.1) is 0 Å². The van der Waals surface area contributed by atoms with Crippen LogP contribution in [0.4, 0.5) is 0 Å². The van der Waals surface area contributed by atoms with E-state index in [0.717, 1.165) is 35.6 Å². The summed E-state index contributed by atoms with van der Waals surface area (Å²) in [5.74, 6) is -0.127. The number of nitrogens with one attached hydrogen (secondary N) is 1. The number of carbonyl (C=O) groups excluding carboxylic acids is 1. The Balaban J connectivity index is 2.05. The lowest BCUT2D eigenvalue weighted by Crippen LogP contribution is -3.15. The molecule has 4 heteroatoms. The lowest BCUT2D eigenvalue weighted by molar-refractivity contribution is -0.934. The molecular formula is C17H25NO3. The van der Waals surface area contributed by atoms with E-state index < -0.39 is 5.97 Å². The highest BCUT2D eigenvalue weighted by Gasteiger charge is 2.23. The molecule has 0 radical (unpaired) electrons. The van der Waals surface area contributed by atoms with Crippen molar-refractivity contribution >= 4 is 5.97 Å². The lowest BCUT2D eigenvalue weighted by Gasteiger charge is -2.28. The summed E-state index contributed by atoms with van der Waals surface area (Å²) >= 11 is 0. The second-order valence-corrected chi connectivity index (χ2v) is 5.92. The van der Waals surface area contributed by atoms with Crippen LogP contribution in [-0.2, 0) is 11.3 Å². The smallest absolute Gasteiger partial charge is 0.118 e. The van der Waals surface area contributed by atoms with E-state index in [2.05, 4.69) is 0 Å². The summed E-state index contributed by atoms with van der Waals surface area (Å²) in [4.78, 5) is 12.2. The second kappa shape index (κ2) is 8.03. The van der Waals surface area contributed by atoms with Gasteiger partial charge in [-0.3, -0.25) is 0 Å². The standard InChI is InChI=1S/C17H25NO3/c1-21-16-10-8-14(9-11-16)12-18(13-17(19)20)15-6-4-2-3-5-7-15/h8-11,15H,2-7,12-13H2,1H3,(H,19,20). The van der Waals surface area contributed by atoms with E-state index in [4.69, 9.17) is 4.74 Å². The Hall–Kier alpha value is -1.55. The van der Waals surface area contributed by atoms with Crippen LogP contribution in [0.2, 0.25) is 0 Å². The first kappa shape index (κ1) is 15.8. The van der Waals surface area contributed by atoms with Gasteiger partial charge in [0.2, 0.25) is 0 Å². The third-order valence-electron chi connectivity index (χ3n) is 4.39. The van der Waals surface area contributed by atoms with Gasteiger partial charge in [-0.1, -0.05) is 12.8 Å². The van der Waals surface area contributed by atoms with Gasteiger partial charge >= 0.3 is 0 Å². The van der Waals surface area contributed by atoms with Crippen molar-refractivity contribution in [2.45, 2.75) is 51.1 Å². The highest BCUT2D eigenvalue weighted by Crippen LogP contribution is 2.16. The fourth-order valence-electron chi connectivity index (χ4n) is 3.23. The van der Waals surface area contributed by atoms with E-state index in [1.54, 1.807) is 7.11 Å². The number of carbonyl (C=O) groups is 1. The van der Waals surface area contributed by atoms with Gasteiger partial charge in [0.15, 0.2) is 0 Å². The molecule has 116 valence electrons. The molecule has 0 bridgehead atoms. The average Bonchev–Trinajstić information content (AvgIpc) is 2.76. The van der Waals surface area contributed by atoms with Crippen molar-refractivity contribution in [2.24, 2.45) is 0 Å². The summed E-state index contributed by atoms with van der Waals surface area (Å²) in [6, 6.07) is 8.33. The molecule has 0 heterocycles. The zero-order valence-corrected chi connectivity index (χ0v) is 12.8. The average molecular weight is 291 g/mol. The van der Waals surface area contributed by atoms with Crippen LogP contribution in [0.3, 0.4) is 0 Å². The Bertz CT molecular complexity index is 436. The van der Waals surface area contributed by atoms with E-state index in [-0.39, 0.29) is 6.54 Å². The Labute approximate surface area is 126 Å². The molecule has 0 amide bonds. The predicted molar refractivity (Wildman–Crippen MR) is 79.0 cm³/mol. The third-order valence-corrected chi connectivity index (χ3v) is 4.39. The van der Waals surface area contributed by atoms with Gasteiger partial charge in [0.25, 0.3) is 0 Å². The monoisotopic (exact) mass is 291 g/mol. The maximum atomic E-state index is 11.1. The largest absolute Gasteiger partial charge is 0.544 e. The van der Waals surface area contributed by atoms with Crippen LogP contribution in [0, 0.1) is 0 Å². The number of carboxylic acid groups (broad SMARTS) is 1. The van der Waals surface area contributed by atoms with Crippen molar-refractivity contribution in [2.75, 3.05) is 13.7 Å². The van der Waals surface area contributed by atoms with Crippen LogP contribution in [0.15, 0.2) is 24.3 Å². The summed E-state index contributed by atoms with van der Waals surface area (Å²) in [5.41, 5.74) is 1.15. The fraction of sp³-hybridized carbons (Fsp3) is 0.588. The molecule has 1 aromatic carbocycles. The Morgan fingerprint density at radius 1 is 1.19 bits per heavy atom. The molecule has 1 aliphatic carbocycles. The van der Waals surface area contributed by atoms with Crippen LogP contribution in [0.25, 0.3) is 0 Å². The second-order valence-electron chi connectivity index (χ2n) is 5.92. The molecule has 1 unspecified atom stereocenters. The predicted octanol–water partition coefficient (Wildman–Crippen LogP) is 0.553. The van der Waals surface area contributed by atoms with E-state index in [1.807, 2.05) is 24.3 Å². The van der Waals surface area contributed by atoms with E-state index in [1.165, 1.54) is 25.7 Å². The van der Waals surface area contributed by atoms with Crippen molar-refractivity contribution in [3.05, 3.63) is 29.8 Å². The molecule has 0 spiro atoms. The normalized spacial score (nSPS) is 18.0. The summed E-state index contributed by atoms with van der Waals surface area (Å²) in [7, 11) is 1.65. The van der Waals surface area contributed by atoms with Gasteiger partial charge in [-0.2, -0.15) is 0 Å². The van der Waals surface area contributed by atoms with Crippen LogP contribution in [0.1, 0.15) is 44.1 Å². The molecule has 1 atom stereocenters. The van der Waals surface area contributed by atoms with Gasteiger partial charge in [0.05, 0.1) is 19.1 Å². The van der Waals surface area contributed by atoms with Gasteiger partial charge in [-0.25, -0.2) is 0 Å². The summed E-state index contributed by atoms with van der Waals surface area (Å²) in [5, 5.41) is 11.1. The molecule has 2 rings (SSSR count). The molecule has 1 aromatic rings. The third kappa shape index (κ3) is 5.05. The summed E-state index contributed by atoms with van der Waals surface area (Å²) < 4.78 is 5.16. The number of ether oxygens (including phenoxy) is 1. The first-order chi connectivity index (χ1) is 10.2. The molecule has 21 heavy (non-hydrogen) atoms. The van der Waals surface area contributed by atoms with Gasteiger partial charge in [0, 0.05) is 5.56 Å². The molecule has 0 aromatic heterocycles. The highest BCUT2D eigenvalue weighted by molar-refractivity contribution is 5.65. The lowest BCUT2D eigenvalue weighted by atomic mass is 10.1. The van der Waals surface area contributed by atoms with Crippen molar-refractivity contribution < 1.29 is 19.5 Å². The molecule has 0 aliphatic heterocycles. The Kier molecular flexibility index (Phi) is 6.05. The Morgan fingerprint density at radius 3 is 2.33 bits per heavy atom. The zero-order valence-electron chi connectivity index (χ0n) is 12.8. The molecule has 0 saturated heterocycles. The van der Waals surface area contributed by atoms with Crippen LogP contribution in [0.5, 0.6) is 5.75 Å². The first-order valence-electron chi connectivity index (χ1n) is 7.86. The van der Waals surface area contributed by atoms with E-state index in [0.29, 0.717) is 6.04 Å². The van der Waals surface area contributed by atoms with Crippen molar-refractivity contribution in [3.8, 4) is 5.75 Å². The van der Waals surface area contributed by atoms with Crippen molar-refractivity contribution in [1.82, 2.24) is 0 Å². The van der Waals surface area contributed by atoms with Crippen LogP contribution >= 0.6 is 0 Å². The molecule has 1 fully saturated rings. The minimum Gasteiger partial charge on any atom is -0.544 e. The summed E-state index contributed by atoms with van der Waals surface area (Å²) in [6.45, 7) is 0.833. The minimum atomic E-state index is -0.956. The first-order valence-corrected chi connectivity index (χ1v) is 7.86. The number of hydrogen-bond donors (Lipinski definition) is 1. The number of rotatable bonds is 6. The maximum Gasteiger partial charge on any atom is 0.118 e. The van der Waals surface area contributed by atoms with Gasteiger partial charge in [-0.05, 0) is 49.9 Å². The topological polar surface area (TPSA) is 53.8 Å². The molecule has 4 nitrogen and oxygen atoms in total. The van der Waals surface area contributed by atoms with Crippen LogP contribution in [-0.4, -0.2) is 25.7 Å². The number of benzene rings is 1. The fourth-order valence-corrected chi connectivity index (χ4v) is 3.23. The molecule has 1 N–H and O–H groups in total. The molecular weight excluding hydrogens is 266 g/mol. The molecule has 1 aliphatic rings. The summed E-state index contributed by atoms with van der Waals surface area (Å²) in [6.07, 6.45) is 7.22. The van der Waals surface area contributed by atoms with Crippen molar-refractivity contribution in [1.29, 1.82) is 0 Å². The van der Waals surface area contributed by atoms with Crippen molar-refractivity contribution in [3.63, 3.8) is 0 Å². The number of quaternary nitrogens is 1.